The van der Waals surface area contributed by atoms with E-state index in [9.17, 15) is 8.42 Å². The molecule has 0 saturated carbocycles. The summed E-state index contributed by atoms with van der Waals surface area (Å²) in [5.74, 6) is 1.52. The van der Waals surface area contributed by atoms with Crippen molar-refractivity contribution in [2.75, 3.05) is 50.1 Å². The van der Waals surface area contributed by atoms with Gasteiger partial charge >= 0.3 is 0 Å². The maximum absolute atomic E-state index is 12.7. The Morgan fingerprint density at radius 3 is 2.38 bits per heavy atom. The Morgan fingerprint density at radius 1 is 1.08 bits per heavy atom. The summed E-state index contributed by atoms with van der Waals surface area (Å²) < 4.78 is 26.9. The molecular weight excluding hydrogens is 374 g/mol. The summed E-state index contributed by atoms with van der Waals surface area (Å²) in [5, 5.41) is 8.96. The van der Waals surface area contributed by atoms with Crippen molar-refractivity contribution < 1.29 is 8.42 Å². The van der Waals surface area contributed by atoms with E-state index in [-0.39, 0.29) is 5.75 Å². The van der Waals surface area contributed by atoms with Gasteiger partial charge in [-0.25, -0.2) is 8.42 Å². The quantitative estimate of drug-likeness (QED) is 0.769. The molecular formula is C17H22ClN5O2S. The average molecular weight is 396 g/mol. The summed E-state index contributed by atoms with van der Waals surface area (Å²) in [7, 11) is 0.449. The summed E-state index contributed by atoms with van der Waals surface area (Å²) in [4.78, 5) is 3.94. The van der Waals surface area contributed by atoms with E-state index in [1.807, 2.05) is 31.1 Å². The van der Waals surface area contributed by atoms with Gasteiger partial charge in [0.15, 0.2) is 11.6 Å². The molecule has 26 heavy (non-hydrogen) atoms. The third-order valence-corrected chi connectivity index (χ3v) is 6.37. The number of benzene rings is 1. The molecule has 0 aliphatic carbocycles. The van der Waals surface area contributed by atoms with Crippen molar-refractivity contribution >= 4 is 33.3 Å². The Hall–Kier alpha value is -1.90. The Balaban J connectivity index is 1.62. The molecule has 1 aromatic heterocycles. The SMILES string of the molecule is CN(C)c1ccc(N2CCN(S(=O)(=O)Cc3cccc(Cl)c3)CC2)nn1. The molecule has 140 valence electrons. The third kappa shape index (κ3) is 4.44. The van der Waals surface area contributed by atoms with E-state index in [0.29, 0.717) is 36.8 Å². The Bertz CT molecular complexity index is 850. The van der Waals surface area contributed by atoms with Crippen LogP contribution in [0.25, 0.3) is 0 Å². The van der Waals surface area contributed by atoms with E-state index < -0.39 is 10.0 Å². The Kier molecular flexibility index (Phi) is 5.64. The Labute approximate surface area is 159 Å². The number of anilines is 2. The van der Waals surface area contributed by atoms with Crippen LogP contribution >= 0.6 is 11.6 Å². The maximum Gasteiger partial charge on any atom is 0.218 e. The van der Waals surface area contributed by atoms with Crippen LogP contribution in [0.3, 0.4) is 0 Å². The van der Waals surface area contributed by atoms with E-state index in [1.165, 1.54) is 4.31 Å². The highest BCUT2D eigenvalue weighted by molar-refractivity contribution is 7.88. The van der Waals surface area contributed by atoms with Gasteiger partial charge in [0.1, 0.15) is 0 Å². The molecule has 0 radical (unpaired) electrons. The maximum atomic E-state index is 12.7. The second-order valence-electron chi connectivity index (χ2n) is 6.42. The molecule has 0 N–H and O–H groups in total. The van der Waals surface area contributed by atoms with E-state index in [1.54, 1.807) is 24.3 Å². The normalized spacial score (nSPS) is 15.9. The molecule has 1 saturated heterocycles. The van der Waals surface area contributed by atoms with Gasteiger partial charge in [0.2, 0.25) is 10.0 Å². The first-order valence-corrected chi connectivity index (χ1v) is 10.3. The van der Waals surface area contributed by atoms with Gasteiger partial charge in [-0.3, -0.25) is 0 Å². The van der Waals surface area contributed by atoms with Gasteiger partial charge in [0.05, 0.1) is 5.75 Å². The molecule has 2 aromatic rings. The van der Waals surface area contributed by atoms with Gasteiger partial charge in [-0.05, 0) is 29.8 Å². The van der Waals surface area contributed by atoms with E-state index in [2.05, 4.69) is 15.1 Å². The standard InChI is InChI=1S/C17H22ClN5O2S/c1-21(2)16-6-7-17(20-19-16)22-8-10-23(11-9-22)26(24,25)13-14-4-3-5-15(18)12-14/h3-7,12H,8-11,13H2,1-2H3. The lowest BCUT2D eigenvalue weighted by Gasteiger charge is -2.34. The molecule has 0 unspecified atom stereocenters. The van der Waals surface area contributed by atoms with Crippen LogP contribution in [-0.2, 0) is 15.8 Å². The van der Waals surface area contributed by atoms with Crippen molar-refractivity contribution in [3.8, 4) is 0 Å². The number of hydrogen-bond donors (Lipinski definition) is 0. The second kappa shape index (κ2) is 7.77. The van der Waals surface area contributed by atoms with Crippen LogP contribution in [0.4, 0.5) is 11.6 Å². The fourth-order valence-electron chi connectivity index (χ4n) is 2.85. The van der Waals surface area contributed by atoms with Crippen molar-refractivity contribution in [2.24, 2.45) is 0 Å². The molecule has 0 atom stereocenters. The smallest absolute Gasteiger partial charge is 0.218 e. The number of hydrogen-bond acceptors (Lipinski definition) is 6. The minimum atomic E-state index is -3.37. The summed E-state index contributed by atoms with van der Waals surface area (Å²) in [6.07, 6.45) is 0. The van der Waals surface area contributed by atoms with Crippen LogP contribution in [0.5, 0.6) is 0 Å². The fourth-order valence-corrected chi connectivity index (χ4v) is 4.57. The average Bonchev–Trinajstić information content (AvgIpc) is 2.61. The van der Waals surface area contributed by atoms with Crippen molar-refractivity contribution in [3.05, 3.63) is 47.0 Å². The molecule has 1 aromatic carbocycles. The number of rotatable bonds is 5. The monoisotopic (exact) mass is 395 g/mol. The lowest BCUT2D eigenvalue weighted by atomic mass is 10.2. The Morgan fingerprint density at radius 2 is 1.81 bits per heavy atom. The molecule has 1 aliphatic heterocycles. The highest BCUT2D eigenvalue weighted by atomic mass is 35.5. The van der Waals surface area contributed by atoms with Gasteiger partial charge in [-0.1, -0.05) is 23.7 Å². The zero-order valence-corrected chi connectivity index (χ0v) is 16.4. The van der Waals surface area contributed by atoms with Crippen LogP contribution in [0.1, 0.15) is 5.56 Å². The van der Waals surface area contributed by atoms with Crippen molar-refractivity contribution in [2.45, 2.75) is 5.75 Å². The van der Waals surface area contributed by atoms with Crippen molar-refractivity contribution in [1.82, 2.24) is 14.5 Å². The van der Waals surface area contributed by atoms with Gasteiger partial charge in [-0.15, -0.1) is 10.2 Å². The van der Waals surface area contributed by atoms with Gasteiger partial charge in [0.25, 0.3) is 0 Å². The highest BCUT2D eigenvalue weighted by Crippen LogP contribution is 2.19. The minimum Gasteiger partial charge on any atom is -0.361 e. The van der Waals surface area contributed by atoms with Crippen molar-refractivity contribution in [1.29, 1.82) is 0 Å². The van der Waals surface area contributed by atoms with E-state index in [4.69, 9.17) is 11.6 Å². The number of aromatic nitrogens is 2. The van der Waals surface area contributed by atoms with Crippen molar-refractivity contribution in [3.63, 3.8) is 0 Å². The molecule has 1 fully saturated rings. The third-order valence-electron chi connectivity index (χ3n) is 4.29. The second-order valence-corrected chi connectivity index (χ2v) is 8.82. The first kappa shape index (κ1) is 18.9. The molecule has 3 rings (SSSR count). The van der Waals surface area contributed by atoms with Crippen LogP contribution in [0, 0.1) is 0 Å². The molecule has 0 amide bonds. The van der Waals surface area contributed by atoms with Gasteiger partial charge in [-0.2, -0.15) is 4.31 Å². The molecule has 2 heterocycles. The highest BCUT2D eigenvalue weighted by Gasteiger charge is 2.27. The van der Waals surface area contributed by atoms with Gasteiger partial charge < -0.3 is 9.80 Å². The minimum absolute atomic E-state index is 0.0368. The summed E-state index contributed by atoms with van der Waals surface area (Å²) in [6.45, 7) is 2.04. The topological polar surface area (TPSA) is 69.6 Å². The van der Waals surface area contributed by atoms with E-state index >= 15 is 0 Å². The number of sulfonamides is 1. The summed E-state index contributed by atoms with van der Waals surface area (Å²) in [5.41, 5.74) is 0.699. The molecule has 7 nitrogen and oxygen atoms in total. The molecule has 9 heteroatoms. The van der Waals surface area contributed by atoms with Crippen LogP contribution in [-0.4, -0.2) is 63.2 Å². The summed E-state index contributed by atoms with van der Waals surface area (Å²) in [6, 6.07) is 10.8. The molecule has 0 bridgehead atoms. The zero-order valence-electron chi connectivity index (χ0n) is 14.8. The van der Waals surface area contributed by atoms with E-state index in [0.717, 1.165) is 11.6 Å². The molecule has 0 spiro atoms. The van der Waals surface area contributed by atoms with Crippen LogP contribution < -0.4 is 9.80 Å². The largest absolute Gasteiger partial charge is 0.361 e. The first-order valence-electron chi connectivity index (χ1n) is 8.33. The summed E-state index contributed by atoms with van der Waals surface area (Å²) >= 11 is 5.95. The fraction of sp³-hybridized carbons (Fsp3) is 0.412. The van der Waals surface area contributed by atoms with Crippen LogP contribution in [0.15, 0.2) is 36.4 Å². The predicted molar refractivity (Wildman–Crippen MR) is 104 cm³/mol. The number of piperazine rings is 1. The van der Waals surface area contributed by atoms with Crippen LogP contribution in [0.2, 0.25) is 5.02 Å². The predicted octanol–water partition coefficient (Wildman–Crippen LogP) is 1.85. The zero-order chi connectivity index (χ0) is 18.7. The first-order chi connectivity index (χ1) is 12.3. The lowest BCUT2D eigenvalue weighted by Crippen LogP contribution is -2.49. The lowest BCUT2D eigenvalue weighted by molar-refractivity contribution is 0.383. The molecule has 1 aliphatic rings. The number of halogens is 1. The number of nitrogens with zero attached hydrogens (tertiary/aromatic N) is 5. The van der Waals surface area contributed by atoms with Gasteiger partial charge in [0, 0.05) is 45.3 Å².